The van der Waals surface area contributed by atoms with Gasteiger partial charge in [-0.2, -0.15) is 0 Å². The van der Waals surface area contributed by atoms with E-state index in [0.717, 1.165) is 17.0 Å². The minimum atomic E-state index is -4.75. The number of benzene rings is 1. The minimum absolute atomic E-state index is 0.0775. The summed E-state index contributed by atoms with van der Waals surface area (Å²) in [7, 11) is 0. The van der Waals surface area contributed by atoms with Gasteiger partial charge in [0.15, 0.2) is 0 Å². The summed E-state index contributed by atoms with van der Waals surface area (Å²) in [5, 5.41) is 10.7. The van der Waals surface area contributed by atoms with Crippen molar-refractivity contribution in [2.75, 3.05) is 26.2 Å². The van der Waals surface area contributed by atoms with Crippen LogP contribution in [0.1, 0.15) is 17.0 Å². The summed E-state index contributed by atoms with van der Waals surface area (Å²) < 4.78 is 40.6. The van der Waals surface area contributed by atoms with Gasteiger partial charge in [0, 0.05) is 50.8 Å². The first kappa shape index (κ1) is 22.0. The van der Waals surface area contributed by atoms with Gasteiger partial charge in [0.05, 0.1) is 12.2 Å². The van der Waals surface area contributed by atoms with Crippen LogP contribution in [0, 0.1) is 5.92 Å². The number of amides is 3. The molecule has 1 fully saturated rings. The molecule has 9 nitrogen and oxygen atoms in total. The van der Waals surface area contributed by atoms with Crippen molar-refractivity contribution in [1.29, 1.82) is 0 Å². The number of ether oxygens (including phenoxy) is 1. The number of nitrogens with zero attached hydrogens (tertiary/aromatic N) is 5. The molecule has 2 aromatic rings. The highest BCUT2D eigenvalue weighted by molar-refractivity contribution is 5.92. The summed E-state index contributed by atoms with van der Waals surface area (Å²) in [5.41, 5.74) is 3.36. The van der Waals surface area contributed by atoms with Crippen LogP contribution in [0.25, 0.3) is 6.08 Å². The van der Waals surface area contributed by atoms with Crippen molar-refractivity contribution in [2.24, 2.45) is 5.92 Å². The zero-order chi connectivity index (χ0) is 23.9. The number of aromatic amines is 1. The molecule has 1 atom stereocenters. The number of halogens is 3. The number of fused-ring (bicyclic) bond motifs is 2. The van der Waals surface area contributed by atoms with E-state index in [2.05, 4.69) is 20.1 Å². The van der Waals surface area contributed by atoms with E-state index in [1.165, 1.54) is 30.3 Å². The number of H-pyrrole nitrogens is 1. The number of hydrogen-bond acceptors (Lipinski definition) is 5. The van der Waals surface area contributed by atoms with Crippen LogP contribution in [-0.4, -0.2) is 74.6 Å². The molecule has 1 aromatic heterocycles. The van der Waals surface area contributed by atoms with Crippen LogP contribution >= 0.6 is 0 Å². The molecule has 1 saturated heterocycles. The molecule has 4 heterocycles. The second-order valence-corrected chi connectivity index (χ2v) is 8.41. The quantitative estimate of drug-likeness (QED) is 0.690. The van der Waals surface area contributed by atoms with Gasteiger partial charge >= 0.3 is 12.4 Å². The fourth-order valence-electron chi connectivity index (χ4n) is 4.41. The van der Waals surface area contributed by atoms with E-state index in [0.29, 0.717) is 44.7 Å². The third kappa shape index (κ3) is 4.61. The van der Waals surface area contributed by atoms with Crippen molar-refractivity contribution < 1.29 is 27.5 Å². The molecule has 0 bridgehead atoms. The van der Waals surface area contributed by atoms with Crippen molar-refractivity contribution in [3.8, 4) is 5.75 Å². The molecule has 3 amide bonds. The number of aromatic nitrogens is 3. The third-order valence-electron chi connectivity index (χ3n) is 6.11. The summed E-state index contributed by atoms with van der Waals surface area (Å²) in [6.07, 6.45) is 0.723. The molecule has 1 aromatic carbocycles. The Balaban J connectivity index is 1.15. The van der Waals surface area contributed by atoms with Crippen molar-refractivity contribution in [3.05, 3.63) is 59.1 Å². The summed E-state index contributed by atoms with van der Waals surface area (Å²) in [6, 6.07) is 5.20. The Labute approximate surface area is 192 Å². The summed E-state index contributed by atoms with van der Waals surface area (Å²) in [5.74, 6) is -0.425. The Bertz CT molecular complexity index is 1160. The van der Waals surface area contributed by atoms with Gasteiger partial charge in [0.1, 0.15) is 11.4 Å². The van der Waals surface area contributed by atoms with Gasteiger partial charge in [-0.3, -0.25) is 9.89 Å². The number of carbonyl (C=O) groups is 2. The number of nitrogens with one attached hydrogen (secondary N) is 1. The number of alkyl halides is 3. The third-order valence-corrected chi connectivity index (χ3v) is 6.11. The number of carbonyl (C=O) groups excluding carboxylic acids is 2. The summed E-state index contributed by atoms with van der Waals surface area (Å²) in [6.45, 7) is 2.48. The van der Waals surface area contributed by atoms with Crippen LogP contribution in [0.5, 0.6) is 5.75 Å². The van der Waals surface area contributed by atoms with Gasteiger partial charge in [0.2, 0.25) is 5.91 Å². The molecule has 5 rings (SSSR count). The fraction of sp³-hybridized carbons (Fsp3) is 0.364. The van der Waals surface area contributed by atoms with Gasteiger partial charge < -0.3 is 19.4 Å². The Hall–Kier alpha value is -3.83. The molecule has 0 unspecified atom stereocenters. The van der Waals surface area contributed by atoms with Gasteiger partial charge in [0.25, 0.3) is 0 Å². The zero-order valence-corrected chi connectivity index (χ0v) is 18.0. The van der Waals surface area contributed by atoms with E-state index < -0.39 is 6.36 Å². The second kappa shape index (κ2) is 8.50. The minimum Gasteiger partial charge on any atom is -0.406 e. The first-order chi connectivity index (χ1) is 16.2. The van der Waals surface area contributed by atoms with Crippen LogP contribution in [-0.2, 0) is 17.8 Å². The molecule has 0 radical (unpaired) electrons. The monoisotopic (exact) mass is 474 g/mol. The molecule has 178 valence electrons. The zero-order valence-electron chi connectivity index (χ0n) is 18.0. The Morgan fingerprint density at radius 3 is 2.65 bits per heavy atom. The molecule has 0 spiro atoms. The highest BCUT2D eigenvalue weighted by Gasteiger charge is 2.38. The lowest BCUT2D eigenvalue weighted by Gasteiger charge is -2.29. The predicted octanol–water partition coefficient (Wildman–Crippen LogP) is 2.55. The first-order valence-corrected chi connectivity index (χ1v) is 10.7. The molecule has 3 aliphatic heterocycles. The average molecular weight is 474 g/mol. The van der Waals surface area contributed by atoms with Crippen molar-refractivity contribution in [2.45, 2.75) is 19.3 Å². The van der Waals surface area contributed by atoms with Crippen LogP contribution in [0.2, 0.25) is 0 Å². The van der Waals surface area contributed by atoms with Gasteiger partial charge in [-0.1, -0.05) is 17.3 Å². The molecular formula is C22H21F3N6O3. The SMILES string of the molecule is O=C(/C=C/c1ccc(OC(F)(F)F)cc1)N1CC2=CN(C(=O)N3CCc4[nH]nnc4C3)C[C@@H]2C1. The maximum absolute atomic E-state index is 12.9. The lowest BCUT2D eigenvalue weighted by Crippen LogP contribution is -2.43. The fourth-order valence-corrected chi connectivity index (χ4v) is 4.41. The van der Waals surface area contributed by atoms with Crippen LogP contribution < -0.4 is 4.74 Å². The first-order valence-electron chi connectivity index (χ1n) is 10.7. The lowest BCUT2D eigenvalue weighted by atomic mass is 10.1. The lowest BCUT2D eigenvalue weighted by molar-refractivity contribution is -0.274. The largest absolute Gasteiger partial charge is 0.573 e. The van der Waals surface area contributed by atoms with E-state index in [4.69, 9.17) is 0 Å². The summed E-state index contributed by atoms with van der Waals surface area (Å²) in [4.78, 5) is 30.7. The predicted molar refractivity (Wildman–Crippen MR) is 113 cm³/mol. The van der Waals surface area contributed by atoms with Crippen LogP contribution in [0.4, 0.5) is 18.0 Å². The number of rotatable bonds is 3. The number of hydrogen-bond donors (Lipinski definition) is 1. The Morgan fingerprint density at radius 1 is 1.12 bits per heavy atom. The maximum atomic E-state index is 12.9. The number of urea groups is 1. The Morgan fingerprint density at radius 2 is 1.91 bits per heavy atom. The topological polar surface area (TPSA) is 94.7 Å². The van der Waals surface area contributed by atoms with Crippen molar-refractivity contribution >= 4 is 18.0 Å². The molecule has 0 aliphatic carbocycles. The smallest absolute Gasteiger partial charge is 0.406 e. The van der Waals surface area contributed by atoms with Crippen LogP contribution in [0.15, 0.2) is 42.1 Å². The highest BCUT2D eigenvalue weighted by Crippen LogP contribution is 2.31. The molecule has 1 N–H and O–H groups in total. The molecule has 34 heavy (non-hydrogen) atoms. The van der Waals surface area contributed by atoms with E-state index >= 15 is 0 Å². The van der Waals surface area contributed by atoms with Crippen LogP contribution in [0.3, 0.4) is 0 Å². The molecule has 12 heteroatoms. The normalized spacial score (nSPS) is 19.9. The second-order valence-electron chi connectivity index (χ2n) is 8.41. The molecule has 3 aliphatic rings. The highest BCUT2D eigenvalue weighted by atomic mass is 19.4. The van der Waals surface area contributed by atoms with E-state index in [1.807, 2.05) is 6.20 Å². The van der Waals surface area contributed by atoms with E-state index in [1.54, 1.807) is 20.8 Å². The van der Waals surface area contributed by atoms with Gasteiger partial charge in [-0.25, -0.2) is 4.79 Å². The average Bonchev–Trinajstić information content (AvgIpc) is 3.51. The van der Waals surface area contributed by atoms with E-state index in [9.17, 15) is 22.8 Å². The van der Waals surface area contributed by atoms with Gasteiger partial charge in [-0.15, -0.1) is 18.3 Å². The van der Waals surface area contributed by atoms with Gasteiger partial charge in [-0.05, 0) is 29.3 Å². The Kier molecular flexibility index (Phi) is 5.50. The standard InChI is InChI=1S/C22H21F3N6O3/c23-22(24,25)34-17-4-1-14(2-5-17)3-6-20(32)30-9-15-11-31(12-16(15)10-30)21(33)29-8-7-18-19(13-29)27-28-26-18/h1-6,11,16H,7-10,12-13H2,(H,26,27,28)/b6-3+/t16-/m0/s1. The maximum Gasteiger partial charge on any atom is 0.573 e. The van der Waals surface area contributed by atoms with Crippen molar-refractivity contribution in [1.82, 2.24) is 30.1 Å². The van der Waals surface area contributed by atoms with Crippen molar-refractivity contribution in [3.63, 3.8) is 0 Å². The van der Waals surface area contributed by atoms with E-state index in [-0.39, 0.29) is 23.6 Å². The molecular weight excluding hydrogens is 453 g/mol. The number of likely N-dealkylation sites (tertiary alicyclic amines) is 1. The molecule has 0 saturated carbocycles. The summed E-state index contributed by atoms with van der Waals surface area (Å²) >= 11 is 0.